The first kappa shape index (κ1) is 25.8. The van der Waals surface area contributed by atoms with E-state index in [1.54, 1.807) is 0 Å². The van der Waals surface area contributed by atoms with Crippen LogP contribution in [-0.4, -0.2) is 28.3 Å². The summed E-state index contributed by atoms with van der Waals surface area (Å²) < 4.78 is 5.77. The minimum Gasteiger partial charge on any atom is -0.507 e. The normalized spacial score (nSPS) is 19.5. The number of hydrogen-bond donors (Lipinski definition) is 3. The number of rotatable bonds is 5. The van der Waals surface area contributed by atoms with Crippen molar-refractivity contribution in [2.24, 2.45) is 5.92 Å². The number of allylic oxidation sites excluding steroid dienone is 2. The second kappa shape index (κ2) is 12.6. The van der Waals surface area contributed by atoms with Crippen LogP contribution < -0.4 is 5.48 Å². The van der Waals surface area contributed by atoms with Gasteiger partial charge in [-0.1, -0.05) is 80.1 Å². The average molecular weight is 486 g/mol. The van der Waals surface area contributed by atoms with Crippen molar-refractivity contribution < 1.29 is 24.6 Å². The van der Waals surface area contributed by atoms with E-state index in [1.165, 1.54) is 0 Å². The van der Waals surface area contributed by atoms with Crippen LogP contribution >= 0.6 is 11.6 Å². The molecule has 0 saturated heterocycles. The number of esters is 1. The molecule has 2 aromatic rings. The predicted molar refractivity (Wildman–Crippen MR) is 133 cm³/mol. The third-order valence-electron chi connectivity index (χ3n) is 5.67. The molecule has 0 bridgehead atoms. The summed E-state index contributed by atoms with van der Waals surface area (Å²) in [6.45, 7) is 4.30. The van der Waals surface area contributed by atoms with Crippen molar-refractivity contribution in [2.75, 3.05) is 0 Å². The molecule has 2 atom stereocenters. The Kier molecular flexibility index (Phi) is 9.57. The largest absolute Gasteiger partial charge is 0.507 e. The van der Waals surface area contributed by atoms with Gasteiger partial charge in [0.25, 0.3) is 0 Å². The van der Waals surface area contributed by atoms with E-state index in [0.717, 1.165) is 24.5 Å². The van der Waals surface area contributed by atoms with Crippen LogP contribution in [0.3, 0.4) is 0 Å². The van der Waals surface area contributed by atoms with Crippen molar-refractivity contribution in [3.63, 3.8) is 0 Å². The number of ether oxygens (including phenoxy) is 1. The molecule has 0 saturated carbocycles. The van der Waals surface area contributed by atoms with Crippen LogP contribution in [0.1, 0.15) is 54.6 Å². The van der Waals surface area contributed by atoms with Gasteiger partial charge in [-0.25, -0.2) is 4.79 Å². The number of hydrogen-bond acceptors (Lipinski definition) is 6. The molecule has 6 nitrogen and oxygen atoms in total. The van der Waals surface area contributed by atoms with Gasteiger partial charge < -0.3 is 14.9 Å². The fourth-order valence-corrected chi connectivity index (χ4v) is 3.96. The molecule has 2 aromatic carbocycles. The zero-order chi connectivity index (χ0) is 24.5. The summed E-state index contributed by atoms with van der Waals surface area (Å²) in [6, 6.07) is 10.4. The Hall–Kier alpha value is -2.80. The molecule has 0 radical (unpaired) electrons. The van der Waals surface area contributed by atoms with E-state index in [2.05, 4.69) is 11.6 Å². The summed E-state index contributed by atoms with van der Waals surface area (Å²) in [7, 11) is 0. The minimum absolute atomic E-state index is 0.00102. The first-order valence-electron chi connectivity index (χ1n) is 11.5. The highest BCUT2D eigenvalue weighted by Gasteiger charge is 2.28. The Bertz CT molecular complexity index is 1020. The number of carbonyl (C=O) groups is 1. The standard InChI is InChI=1S/C27H32ClNO5/c1-18(2)24-14-10-5-3-4-9-13-20(29-33-17-19-11-7-6-8-12-19)15-21-25(27(32)34-24)22(30)16-23(31)26(21)28/h5-13,16,18,20,24,29-31H,3-4,14-15,17H2,1-2H3/t20?,24-/m0/s1. The number of nitrogens with one attached hydrogen (secondary N) is 1. The van der Waals surface area contributed by atoms with Crippen LogP contribution in [0.25, 0.3) is 0 Å². The summed E-state index contributed by atoms with van der Waals surface area (Å²) in [5.41, 5.74) is 4.27. The zero-order valence-corrected chi connectivity index (χ0v) is 20.3. The Labute approximate surface area is 205 Å². The van der Waals surface area contributed by atoms with E-state index < -0.39 is 5.97 Å². The monoisotopic (exact) mass is 485 g/mol. The fraction of sp³-hybridized carbons (Fsp3) is 0.370. The molecule has 1 aliphatic rings. The van der Waals surface area contributed by atoms with E-state index in [0.29, 0.717) is 18.6 Å². The van der Waals surface area contributed by atoms with Gasteiger partial charge in [0.05, 0.1) is 17.7 Å². The van der Waals surface area contributed by atoms with E-state index in [9.17, 15) is 15.0 Å². The van der Waals surface area contributed by atoms with Crippen LogP contribution in [0.15, 0.2) is 60.7 Å². The molecule has 7 heteroatoms. The molecule has 0 fully saturated rings. The Morgan fingerprint density at radius 2 is 1.85 bits per heavy atom. The lowest BCUT2D eigenvalue weighted by atomic mass is 9.97. The lowest BCUT2D eigenvalue weighted by molar-refractivity contribution is 0.0128. The molecule has 0 aliphatic carbocycles. The van der Waals surface area contributed by atoms with Gasteiger partial charge in [-0.15, -0.1) is 0 Å². The van der Waals surface area contributed by atoms with Crippen molar-refractivity contribution in [1.82, 2.24) is 5.48 Å². The van der Waals surface area contributed by atoms with Crippen LogP contribution in [0.5, 0.6) is 11.5 Å². The number of phenols is 2. The molecule has 3 N–H and O–H groups in total. The molecule has 1 aliphatic heterocycles. The molecule has 1 unspecified atom stereocenters. The highest BCUT2D eigenvalue weighted by atomic mass is 35.5. The highest BCUT2D eigenvalue weighted by molar-refractivity contribution is 6.33. The average Bonchev–Trinajstić information content (AvgIpc) is 2.80. The van der Waals surface area contributed by atoms with E-state index in [-0.39, 0.29) is 46.6 Å². The summed E-state index contributed by atoms with van der Waals surface area (Å²) in [5.74, 6) is -1.27. The van der Waals surface area contributed by atoms with Crippen LogP contribution in [-0.2, 0) is 22.6 Å². The first-order valence-corrected chi connectivity index (χ1v) is 11.9. The Balaban J connectivity index is 1.92. The lowest BCUT2D eigenvalue weighted by Gasteiger charge is -2.23. The number of hydroxylamine groups is 1. The number of carbonyl (C=O) groups excluding carboxylic acids is 1. The van der Waals surface area contributed by atoms with Crippen molar-refractivity contribution in [3.8, 4) is 11.5 Å². The maximum atomic E-state index is 13.2. The molecular weight excluding hydrogens is 454 g/mol. The summed E-state index contributed by atoms with van der Waals surface area (Å²) in [4.78, 5) is 18.9. The van der Waals surface area contributed by atoms with Gasteiger partial charge in [0.2, 0.25) is 0 Å². The quantitative estimate of drug-likeness (QED) is 0.279. The van der Waals surface area contributed by atoms with E-state index >= 15 is 0 Å². The Morgan fingerprint density at radius 3 is 2.59 bits per heavy atom. The molecule has 1 heterocycles. The topological polar surface area (TPSA) is 88.0 Å². The van der Waals surface area contributed by atoms with Gasteiger partial charge in [-0.3, -0.25) is 4.84 Å². The molecule has 34 heavy (non-hydrogen) atoms. The summed E-state index contributed by atoms with van der Waals surface area (Å²) in [6.07, 6.45) is 10.2. The number of halogens is 1. The van der Waals surface area contributed by atoms with Gasteiger partial charge >= 0.3 is 5.97 Å². The molecule has 0 spiro atoms. The van der Waals surface area contributed by atoms with Crippen molar-refractivity contribution >= 4 is 17.6 Å². The van der Waals surface area contributed by atoms with Crippen LogP contribution in [0.2, 0.25) is 5.02 Å². The number of cyclic esters (lactones) is 1. The van der Waals surface area contributed by atoms with Crippen LogP contribution in [0.4, 0.5) is 0 Å². The second-order valence-corrected chi connectivity index (χ2v) is 9.06. The van der Waals surface area contributed by atoms with Crippen molar-refractivity contribution in [2.45, 2.75) is 58.3 Å². The van der Waals surface area contributed by atoms with Crippen molar-refractivity contribution in [3.05, 3.63) is 82.4 Å². The van der Waals surface area contributed by atoms with Gasteiger partial charge in [0.15, 0.2) is 0 Å². The maximum absolute atomic E-state index is 13.2. The number of phenolic OH excluding ortho intramolecular Hbond substituents is 2. The van der Waals surface area contributed by atoms with E-state index in [4.69, 9.17) is 21.2 Å². The smallest absolute Gasteiger partial charge is 0.342 e. The van der Waals surface area contributed by atoms with E-state index in [1.807, 2.05) is 62.4 Å². The van der Waals surface area contributed by atoms with Crippen molar-refractivity contribution in [1.29, 1.82) is 0 Å². The van der Waals surface area contributed by atoms with Gasteiger partial charge in [0.1, 0.15) is 23.2 Å². The number of benzene rings is 2. The number of aromatic hydroxyl groups is 2. The maximum Gasteiger partial charge on any atom is 0.342 e. The zero-order valence-electron chi connectivity index (χ0n) is 19.5. The third-order valence-corrected chi connectivity index (χ3v) is 6.09. The molecule has 0 amide bonds. The second-order valence-electron chi connectivity index (χ2n) is 8.69. The highest BCUT2D eigenvalue weighted by Crippen LogP contribution is 2.38. The first-order chi connectivity index (χ1) is 16.4. The predicted octanol–water partition coefficient (Wildman–Crippen LogP) is 5.86. The van der Waals surface area contributed by atoms with Gasteiger partial charge in [-0.05, 0) is 36.3 Å². The van der Waals surface area contributed by atoms with Gasteiger partial charge in [0, 0.05) is 12.5 Å². The number of fused-ring (bicyclic) bond motifs is 1. The molecule has 182 valence electrons. The third kappa shape index (κ3) is 7.10. The van der Waals surface area contributed by atoms with Crippen LogP contribution in [0, 0.1) is 5.92 Å². The Morgan fingerprint density at radius 1 is 1.12 bits per heavy atom. The molecule has 3 rings (SSSR count). The molecular formula is C27H32ClNO5. The minimum atomic E-state index is -0.675. The van der Waals surface area contributed by atoms with Gasteiger partial charge in [-0.2, -0.15) is 5.48 Å². The summed E-state index contributed by atoms with van der Waals surface area (Å²) in [5, 5.41) is 20.8. The lowest BCUT2D eigenvalue weighted by Crippen LogP contribution is -2.31. The molecule has 0 aromatic heterocycles. The SMILES string of the molecule is CC(C)[C@@H]1CC=CCCC=CC(NOCc2ccccc2)Cc2c(Cl)c(O)cc(O)c2C(=O)O1. The fourth-order valence-electron chi connectivity index (χ4n) is 3.73. The summed E-state index contributed by atoms with van der Waals surface area (Å²) >= 11 is 6.42.